The van der Waals surface area contributed by atoms with Gasteiger partial charge in [-0.05, 0) is 72.0 Å². The van der Waals surface area contributed by atoms with Gasteiger partial charge in [0.15, 0.2) is 11.5 Å². The van der Waals surface area contributed by atoms with Crippen LogP contribution in [0.25, 0.3) is 0 Å². The summed E-state index contributed by atoms with van der Waals surface area (Å²) in [6, 6.07) is 17.0. The molecule has 1 heterocycles. The smallest absolute Gasteiger partial charge is 0.322 e. The summed E-state index contributed by atoms with van der Waals surface area (Å²) in [5, 5.41) is 3.06. The first-order valence-corrected chi connectivity index (χ1v) is 11.1. The van der Waals surface area contributed by atoms with Crippen LogP contribution in [-0.2, 0) is 6.42 Å². The number of amides is 2. The number of ether oxygens (including phenoxy) is 4. The van der Waals surface area contributed by atoms with Crippen LogP contribution in [0.15, 0.2) is 54.6 Å². The molecular formula is C27H30N2O5. The van der Waals surface area contributed by atoms with Crippen molar-refractivity contribution in [1.29, 1.82) is 0 Å². The van der Waals surface area contributed by atoms with Gasteiger partial charge >= 0.3 is 6.03 Å². The summed E-state index contributed by atoms with van der Waals surface area (Å²) in [6.07, 6.45) is 0.695. The number of fused-ring (bicyclic) bond motifs is 1. The van der Waals surface area contributed by atoms with Crippen LogP contribution in [0.1, 0.15) is 28.3 Å². The molecule has 4 rings (SSSR count). The molecule has 0 saturated heterocycles. The van der Waals surface area contributed by atoms with Crippen molar-refractivity contribution in [2.24, 2.45) is 0 Å². The Morgan fingerprint density at radius 2 is 1.53 bits per heavy atom. The molecule has 0 saturated carbocycles. The lowest BCUT2D eigenvalue weighted by Crippen LogP contribution is -2.43. The molecule has 0 spiro atoms. The molecule has 1 aliphatic heterocycles. The SMILES string of the molecule is COc1ccc([C@@H]2c3cc(OC)c(OC)cc3CCN2C(=O)Nc2cc(C)ccc2OC)cc1. The van der Waals surface area contributed by atoms with E-state index in [0.717, 1.165) is 28.0 Å². The minimum atomic E-state index is -0.315. The van der Waals surface area contributed by atoms with Crippen molar-refractivity contribution in [3.05, 3.63) is 76.9 Å². The van der Waals surface area contributed by atoms with Gasteiger partial charge in [-0.1, -0.05) is 18.2 Å². The number of methoxy groups -OCH3 is 4. The minimum Gasteiger partial charge on any atom is -0.497 e. The van der Waals surface area contributed by atoms with E-state index in [1.807, 2.05) is 66.4 Å². The van der Waals surface area contributed by atoms with Gasteiger partial charge in [0.05, 0.1) is 40.2 Å². The van der Waals surface area contributed by atoms with Crippen molar-refractivity contribution in [3.63, 3.8) is 0 Å². The summed E-state index contributed by atoms with van der Waals surface area (Å²) in [4.78, 5) is 15.5. The van der Waals surface area contributed by atoms with Gasteiger partial charge in [0.1, 0.15) is 11.5 Å². The van der Waals surface area contributed by atoms with Gasteiger partial charge in [-0.25, -0.2) is 4.79 Å². The minimum absolute atomic E-state index is 0.204. The Labute approximate surface area is 200 Å². The lowest BCUT2D eigenvalue weighted by atomic mass is 9.87. The molecule has 7 nitrogen and oxygen atoms in total. The van der Waals surface area contributed by atoms with Crippen LogP contribution >= 0.6 is 0 Å². The van der Waals surface area contributed by atoms with Crippen LogP contribution in [0, 0.1) is 6.92 Å². The van der Waals surface area contributed by atoms with Gasteiger partial charge in [-0.3, -0.25) is 0 Å². The van der Waals surface area contributed by atoms with E-state index in [1.165, 1.54) is 0 Å². The number of rotatable bonds is 6. The lowest BCUT2D eigenvalue weighted by molar-refractivity contribution is 0.193. The second kappa shape index (κ2) is 9.95. The summed E-state index contributed by atoms with van der Waals surface area (Å²) in [5.41, 5.74) is 4.76. The van der Waals surface area contributed by atoms with Gasteiger partial charge < -0.3 is 29.2 Å². The molecule has 0 radical (unpaired) electrons. The molecule has 1 N–H and O–H groups in total. The van der Waals surface area contributed by atoms with Crippen LogP contribution in [0.2, 0.25) is 0 Å². The largest absolute Gasteiger partial charge is 0.497 e. The maximum absolute atomic E-state index is 13.6. The van der Waals surface area contributed by atoms with Gasteiger partial charge in [0.2, 0.25) is 0 Å². The predicted molar refractivity (Wildman–Crippen MR) is 132 cm³/mol. The fourth-order valence-corrected chi connectivity index (χ4v) is 4.42. The van der Waals surface area contributed by atoms with Gasteiger partial charge in [-0.2, -0.15) is 0 Å². The number of carbonyl (C=O) groups is 1. The fraction of sp³-hybridized carbons (Fsp3) is 0.296. The van der Waals surface area contributed by atoms with Crippen LogP contribution in [0.4, 0.5) is 10.5 Å². The third-order valence-electron chi connectivity index (χ3n) is 6.16. The number of hydrogen-bond donors (Lipinski definition) is 1. The van der Waals surface area contributed by atoms with Crippen LogP contribution in [0.3, 0.4) is 0 Å². The highest BCUT2D eigenvalue weighted by atomic mass is 16.5. The monoisotopic (exact) mass is 462 g/mol. The zero-order valence-electron chi connectivity index (χ0n) is 20.2. The number of benzene rings is 3. The van der Waals surface area contributed by atoms with E-state index in [-0.39, 0.29) is 12.1 Å². The number of anilines is 1. The maximum Gasteiger partial charge on any atom is 0.322 e. The first-order chi connectivity index (χ1) is 16.5. The van der Waals surface area contributed by atoms with Crippen molar-refractivity contribution in [2.75, 3.05) is 40.3 Å². The number of nitrogens with zero attached hydrogens (tertiary/aromatic N) is 1. The third kappa shape index (κ3) is 4.46. The fourth-order valence-electron chi connectivity index (χ4n) is 4.42. The lowest BCUT2D eigenvalue weighted by Gasteiger charge is -2.38. The molecule has 0 fully saturated rings. The second-order valence-corrected chi connectivity index (χ2v) is 8.16. The number of nitrogens with one attached hydrogen (secondary N) is 1. The van der Waals surface area contributed by atoms with E-state index in [0.29, 0.717) is 35.9 Å². The molecule has 3 aromatic rings. The van der Waals surface area contributed by atoms with Crippen LogP contribution in [-0.4, -0.2) is 45.9 Å². The summed E-state index contributed by atoms with van der Waals surface area (Å²) in [7, 11) is 6.47. The molecular weight excluding hydrogens is 432 g/mol. The normalized spacial score (nSPS) is 14.7. The maximum atomic E-state index is 13.6. The highest BCUT2D eigenvalue weighted by Crippen LogP contribution is 2.41. The quantitative estimate of drug-likeness (QED) is 0.545. The molecule has 178 valence electrons. The van der Waals surface area contributed by atoms with Crippen molar-refractivity contribution >= 4 is 11.7 Å². The van der Waals surface area contributed by atoms with Gasteiger partial charge in [0.25, 0.3) is 0 Å². The average molecular weight is 463 g/mol. The number of hydrogen-bond acceptors (Lipinski definition) is 5. The average Bonchev–Trinajstić information content (AvgIpc) is 2.87. The Hall–Kier alpha value is -3.87. The second-order valence-electron chi connectivity index (χ2n) is 8.16. The van der Waals surface area contributed by atoms with Crippen LogP contribution in [0.5, 0.6) is 23.0 Å². The molecule has 0 bridgehead atoms. The standard InChI is InChI=1S/C27H30N2O5/c1-17-6-11-23(32-3)22(14-17)28-27(30)29-13-12-19-15-24(33-4)25(34-5)16-21(19)26(29)18-7-9-20(31-2)10-8-18/h6-11,14-16,26H,12-13H2,1-5H3,(H,28,30)/t26-/m1/s1. The van der Waals surface area contributed by atoms with E-state index >= 15 is 0 Å². The third-order valence-corrected chi connectivity index (χ3v) is 6.16. The predicted octanol–water partition coefficient (Wildman–Crippen LogP) is 5.21. The molecule has 0 aromatic heterocycles. The van der Waals surface area contributed by atoms with Crippen molar-refractivity contribution in [2.45, 2.75) is 19.4 Å². The van der Waals surface area contributed by atoms with E-state index in [1.54, 1.807) is 28.4 Å². The highest BCUT2D eigenvalue weighted by Gasteiger charge is 2.34. The van der Waals surface area contributed by atoms with E-state index in [9.17, 15) is 4.79 Å². The number of carbonyl (C=O) groups excluding carboxylic acids is 1. The Kier molecular flexibility index (Phi) is 6.82. The van der Waals surface area contributed by atoms with Gasteiger partial charge in [-0.15, -0.1) is 0 Å². The van der Waals surface area contributed by atoms with Crippen molar-refractivity contribution < 1.29 is 23.7 Å². The van der Waals surface area contributed by atoms with Crippen LogP contribution < -0.4 is 24.3 Å². The van der Waals surface area contributed by atoms with E-state index in [4.69, 9.17) is 18.9 Å². The number of urea groups is 1. The Bertz CT molecular complexity index is 1180. The molecule has 0 unspecified atom stereocenters. The molecule has 0 aliphatic carbocycles. The Morgan fingerprint density at radius 1 is 0.853 bits per heavy atom. The van der Waals surface area contributed by atoms with Crippen molar-refractivity contribution in [1.82, 2.24) is 4.90 Å². The Morgan fingerprint density at radius 3 is 2.18 bits per heavy atom. The van der Waals surface area contributed by atoms with E-state index in [2.05, 4.69) is 5.32 Å². The molecule has 1 atom stereocenters. The zero-order valence-corrected chi connectivity index (χ0v) is 20.2. The first-order valence-electron chi connectivity index (χ1n) is 11.1. The highest BCUT2D eigenvalue weighted by molar-refractivity contribution is 5.92. The van der Waals surface area contributed by atoms with E-state index < -0.39 is 0 Å². The first kappa shape index (κ1) is 23.3. The molecule has 34 heavy (non-hydrogen) atoms. The topological polar surface area (TPSA) is 69.3 Å². The molecule has 2 amide bonds. The molecule has 3 aromatic carbocycles. The molecule has 1 aliphatic rings. The summed E-state index contributed by atoms with van der Waals surface area (Å²) >= 11 is 0. The number of aryl methyl sites for hydroxylation is 1. The van der Waals surface area contributed by atoms with Gasteiger partial charge in [0, 0.05) is 6.54 Å². The summed E-state index contributed by atoms with van der Waals surface area (Å²) in [6.45, 7) is 2.52. The summed E-state index contributed by atoms with van der Waals surface area (Å²) in [5.74, 6) is 2.68. The van der Waals surface area contributed by atoms with Crippen molar-refractivity contribution in [3.8, 4) is 23.0 Å². The molecule has 7 heteroatoms. The Balaban J connectivity index is 1.77. The summed E-state index contributed by atoms with van der Waals surface area (Å²) < 4.78 is 21.9. The zero-order chi connectivity index (χ0) is 24.2.